The number of para-hydroxylation sites is 1. The summed E-state index contributed by atoms with van der Waals surface area (Å²) >= 11 is 6.20. The first-order valence-electron chi connectivity index (χ1n) is 8.18. The maximum Gasteiger partial charge on any atom is 0.249 e. The zero-order valence-corrected chi connectivity index (χ0v) is 15.0. The topological polar surface area (TPSA) is 75.4 Å². The van der Waals surface area contributed by atoms with E-state index in [2.05, 4.69) is 5.32 Å². The molecule has 3 N–H and O–H groups in total. The summed E-state index contributed by atoms with van der Waals surface area (Å²) in [5.41, 5.74) is 6.58. The van der Waals surface area contributed by atoms with E-state index in [0.717, 1.165) is 19.3 Å². The molecule has 2 aliphatic rings. The van der Waals surface area contributed by atoms with Crippen molar-refractivity contribution in [1.82, 2.24) is 5.32 Å². The van der Waals surface area contributed by atoms with E-state index in [4.69, 9.17) is 17.3 Å². The molecule has 5 nitrogen and oxygen atoms in total. The highest BCUT2D eigenvalue weighted by molar-refractivity contribution is 6.33. The molecule has 1 saturated heterocycles. The van der Waals surface area contributed by atoms with Crippen LogP contribution in [-0.4, -0.2) is 30.4 Å². The lowest BCUT2D eigenvalue weighted by molar-refractivity contribution is -0.130. The van der Waals surface area contributed by atoms with E-state index in [0.29, 0.717) is 30.1 Å². The van der Waals surface area contributed by atoms with Gasteiger partial charge in [-0.05, 0) is 44.2 Å². The quantitative estimate of drug-likeness (QED) is 0.856. The monoisotopic (exact) mass is 371 g/mol. The van der Waals surface area contributed by atoms with E-state index in [-0.39, 0.29) is 36.2 Å². The number of benzene rings is 1. The van der Waals surface area contributed by atoms with E-state index in [1.165, 1.54) is 0 Å². The Kier molecular flexibility index (Phi) is 6.49. The average molecular weight is 372 g/mol. The van der Waals surface area contributed by atoms with Crippen molar-refractivity contribution in [3.63, 3.8) is 0 Å². The number of nitrogens with zero attached hydrogens (tertiary/aromatic N) is 1. The Bertz CT molecular complexity index is 611. The van der Waals surface area contributed by atoms with E-state index in [1.807, 2.05) is 18.2 Å². The van der Waals surface area contributed by atoms with E-state index in [1.54, 1.807) is 11.0 Å². The van der Waals surface area contributed by atoms with Gasteiger partial charge in [0.15, 0.2) is 0 Å². The molecule has 1 aliphatic heterocycles. The Balaban J connectivity index is 0.00000208. The van der Waals surface area contributed by atoms with Gasteiger partial charge in [-0.25, -0.2) is 0 Å². The molecule has 24 heavy (non-hydrogen) atoms. The van der Waals surface area contributed by atoms with Crippen LogP contribution in [-0.2, 0) is 9.59 Å². The molecule has 0 bridgehead atoms. The molecular weight excluding hydrogens is 349 g/mol. The Morgan fingerprint density at radius 1 is 1.25 bits per heavy atom. The second kappa shape index (κ2) is 8.19. The largest absolute Gasteiger partial charge is 0.344 e. The number of nitrogens with two attached hydrogens (primary N) is 1. The summed E-state index contributed by atoms with van der Waals surface area (Å²) in [5, 5.41) is 3.47. The van der Waals surface area contributed by atoms with E-state index < -0.39 is 6.04 Å². The van der Waals surface area contributed by atoms with Gasteiger partial charge in [0, 0.05) is 18.5 Å². The number of hydrogen-bond donors (Lipinski definition) is 2. The van der Waals surface area contributed by atoms with Crippen LogP contribution in [0.25, 0.3) is 0 Å². The minimum Gasteiger partial charge on any atom is -0.344 e. The third kappa shape index (κ3) is 4.02. The van der Waals surface area contributed by atoms with Gasteiger partial charge in [0.25, 0.3) is 0 Å². The van der Waals surface area contributed by atoms with Crippen LogP contribution in [0.2, 0.25) is 5.02 Å². The third-order valence-electron chi connectivity index (χ3n) is 4.74. The van der Waals surface area contributed by atoms with Crippen molar-refractivity contribution in [2.45, 2.75) is 44.2 Å². The predicted octanol–water partition coefficient (Wildman–Crippen LogP) is 2.50. The summed E-state index contributed by atoms with van der Waals surface area (Å²) in [6.45, 7) is 0.628. The highest BCUT2D eigenvalue weighted by Gasteiger charge is 2.34. The molecule has 1 heterocycles. The van der Waals surface area contributed by atoms with Crippen molar-refractivity contribution in [2.75, 3.05) is 11.4 Å². The number of carbonyl (C=O) groups is 2. The number of carbonyl (C=O) groups excluding carboxylic acids is 2. The fourth-order valence-electron chi connectivity index (χ4n) is 3.46. The van der Waals surface area contributed by atoms with Gasteiger partial charge < -0.3 is 16.0 Å². The first kappa shape index (κ1) is 19.0. The van der Waals surface area contributed by atoms with Crippen LogP contribution in [0.4, 0.5) is 5.69 Å². The maximum absolute atomic E-state index is 12.7. The van der Waals surface area contributed by atoms with E-state index in [9.17, 15) is 9.59 Å². The van der Waals surface area contributed by atoms with Gasteiger partial charge in [0.05, 0.1) is 10.7 Å². The summed E-state index contributed by atoms with van der Waals surface area (Å²) in [7, 11) is 0. The van der Waals surface area contributed by atoms with Crippen LogP contribution in [0.15, 0.2) is 24.3 Å². The average Bonchev–Trinajstić information content (AvgIpc) is 2.97. The molecule has 1 aliphatic carbocycles. The second-order valence-electron chi connectivity index (χ2n) is 6.41. The first-order valence-corrected chi connectivity index (χ1v) is 8.56. The van der Waals surface area contributed by atoms with Gasteiger partial charge in [-0.2, -0.15) is 0 Å². The van der Waals surface area contributed by atoms with Crippen molar-refractivity contribution < 1.29 is 9.59 Å². The van der Waals surface area contributed by atoms with Gasteiger partial charge in [0.1, 0.15) is 6.04 Å². The van der Waals surface area contributed by atoms with Crippen LogP contribution in [0.5, 0.6) is 0 Å². The number of piperidine rings is 1. The van der Waals surface area contributed by atoms with E-state index >= 15 is 0 Å². The number of nitrogens with one attached hydrogen (secondary N) is 1. The molecule has 1 saturated carbocycles. The Morgan fingerprint density at radius 3 is 2.67 bits per heavy atom. The summed E-state index contributed by atoms with van der Waals surface area (Å²) in [5.74, 6) is -0.189. The molecule has 3 rings (SSSR count). The lowest BCUT2D eigenvalue weighted by Crippen LogP contribution is -2.53. The number of halogens is 2. The van der Waals surface area contributed by atoms with Crippen LogP contribution in [0.1, 0.15) is 32.1 Å². The fraction of sp³-hybridized carbons (Fsp3) is 0.529. The normalized spacial score (nSPS) is 26.8. The second-order valence-corrected chi connectivity index (χ2v) is 6.82. The first-order chi connectivity index (χ1) is 11.1. The molecule has 2 amide bonds. The van der Waals surface area contributed by atoms with Gasteiger partial charge >= 0.3 is 0 Å². The molecule has 132 valence electrons. The summed E-state index contributed by atoms with van der Waals surface area (Å²) in [6.07, 6.45) is 3.90. The summed E-state index contributed by atoms with van der Waals surface area (Å²) in [4.78, 5) is 26.7. The smallest absolute Gasteiger partial charge is 0.249 e. The van der Waals surface area contributed by atoms with Gasteiger partial charge in [-0.3, -0.25) is 9.59 Å². The highest BCUT2D eigenvalue weighted by atomic mass is 35.5. The van der Waals surface area contributed by atoms with Crippen molar-refractivity contribution >= 4 is 41.5 Å². The minimum absolute atomic E-state index is 0. The van der Waals surface area contributed by atoms with Crippen LogP contribution in [0, 0.1) is 5.92 Å². The molecule has 1 aromatic carbocycles. The number of rotatable bonds is 3. The number of amides is 2. The Labute approximate surface area is 153 Å². The SMILES string of the molecule is Cl.NC1CCC(C(=O)NC2CCCN(c3ccccc3Cl)C2=O)C1. The molecule has 0 radical (unpaired) electrons. The summed E-state index contributed by atoms with van der Waals surface area (Å²) in [6, 6.07) is 6.93. The molecule has 0 aromatic heterocycles. The fourth-order valence-corrected chi connectivity index (χ4v) is 3.70. The number of anilines is 1. The van der Waals surface area contributed by atoms with Crippen LogP contribution in [0.3, 0.4) is 0 Å². The van der Waals surface area contributed by atoms with Crippen molar-refractivity contribution in [3.05, 3.63) is 29.3 Å². The zero-order valence-electron chi connectivity index (χ0n) is 13.4. The predicted molar refractivity (Wildman–Crippen MR) is 97.5 cm³/mol. The number of hydrogen-bond acceptors (Lipinski definition) is 3. The molecule has 0 spiro atoms. The zero-order chi connectivity index (χ0) is 16.4. The van der Waals surface area contributed by atoms with Crippen molar-refractivity contribution in [2.24, 2.45) is 11.7 Å². The molecule has 7 heteroatoms. The van der Waals surface area contributed by atoms with Crippen LogP contribution < -0.4 is 16.0 Å². The highest BCUT2D eigenvalue weighted by Crippen LogP contribution is 2.29. The third-order valence-corrected chi connectivity index (χ3v) is 5.06. The van der Waals surface area contributed by atoms with Gasteiger partial charge in [-0.1, -0.05) is 23.7 Å². The Hall–Kier alpha value is -1.30. The standard InChI is InChI=1S/C17H22ClN3O2.ClH/c18-13-4-1-2-6-15(13)21-9-3-5-14(17(21)23)20-16(22)11-7-8-12(19)10-11;/h1-2,4,6,11-12,14H,3,5,7-10,19H2,(H,20,22);1H. The molecule has 2 fully saturated rings. The van der Waals surface area contributed by atoms with Gasteiger partial charge in [-0.15, -0.1) is 12.4 Å². The molecule has 1 aromatic rings. The molecular formula is C17H23Cl2N3O2. The molecule has 3 unspecified atom stereocenters. The van der Waals surface area contributed by atoms with Crippen molar-refractivity contribution in [3.8, 4) is 0 Å². The lowest BCUT2D eigenvalue weighted by Gasteiger charge is -2.33. The van der Waals surface area contributed by atoms with Crippen molar-refractivity contribution in [1.29, 1.82) is 0 Å². The van der Waals surface area contributed by atoms with Crippen LogP contribution >= 0.6 is 24.0 Å². The maximum atomic E-state index is 12.7. The lowest BCUT2D eigenvalue weighted by atomic mass is 10.0. The van der Waals surface area contributed by atoms with Gasteiger partial charge in [0.2, 0.25) is 11.8 Å². The Morgan fingerprint density at radius 2 is 2.00 bits per heavy atom. The molecule has 3 atom stereocenters. The summed E-state index contributed by atoms with van der Waals surface area (Å²) < 4.78 is 0. The minimum atomic E-state index is -0.468.